The molecule has 0 aliphatic heterocycles. The van der Waals surface area contributed by atoms with Gasteiger partial charge in [-0.1, -0.05) is 0 Å². The van der Waals surface area contributed by atoms with Crippen molar-refractivity contribution in [1.82, 2.24) is 9.80 Å². The molecular weight excluding hydrogens is 319 g/mol. The first-order valence-corrected chi connectivity index (χ1v) is 4.75. The van der Waals surface area contributed by atoms with Crippen molar-refractivity contribution in [2.75, 3.05) is 28.2 Å². The lowest BCUT2D eigenvalue weighted by Crippen LogP contribution is -3.00. The van der Waals surface area contributed by atoms with E-state index in [4.69, 9.17) is 4.74 Å². The Bertz CT molecular complexity index is 344. The minimum absolute atomic E-state index is 0. The van der Waals surface area contributed by atoms with Gasteiger partial charge in [0.1, 0.15) is 11.4 Å². The summed E-state index contributed by atoms with van der Waals surface area (Å²) >= 11 is 0. The standard InChI is InChI=1S/C11H16N2O2.HI/c1-12-11(14)15-10-7-5-9(6-8-10)13(2,3)4;/h5-8H,1-4H3;1H. The van der Waals surface area contributed by atoms with E-state index in [1.807, 2.05) is 12.1 Å². The van der Waals surface area contributed by atoms with E-state index in [1.54, 1.807) is 12.1 Å². The molecule has 0 radical (unpaired) electrons. The SMILES string of the molecule is CNC(=O)Oc1ccc([N+](C)(C)C)cc1.[I-]. The molecule has 1 amide bonds. The first-order valence-electron chi connectivity index (χ1n) is 4.75. The third kappa shape index (κ3) is 4.36. The summed E-state index contributed by atoms with van der Waals surface area (Å²) in [5.74, 6) is 0.548. The van der Waals surface area contributed by atoms with Crippen molar-refractivity contribution < 1.29 is 33.5 Å². The average Bonchev–Trinajstić information content (AvgIpc) is 2.17. The summed E-state index contributed by atoms with van der Waals surface area (Å²) in [7, 11) is 7.76. The highest BCUT2D eigenvalue weighted by atomic mass is 127. The molecule has 1 aromatic rings. The summed E-state index contributed by atoms with van der Waals surface area (Å²) in [6.07, 6.45) is -0.451. The topological polar surface area (TPSA) is 38.3 Å². The molecular formula is C11H17IN2O2. The van der Waals surface area contributed by atoms with Crippen molar-refractivity contribution in [3.05, 3.63) is 24.3 Å². The molecule has 1 aromatic carbocycles. The number of halogens is 1. The summed E-state index contributed by atoms with van der Waals surface area (Å²) in [4.78, 5) is 10.9. The van der Waals surface area contributed by atoms with Gasteiger partial charge in [-0.25, -0.2) is 4.79 Å². The molecule has 0 unspecified atom stereocenters. The number of amides is 1. The van der Waals surface area contributed by atoms with Crippen LogP contribution in [-0.2, 0) is 0 Å². The van der Waals surface area contributed by atoms with Gasteiger partial charge >= 0.3 is 6.09 Å². The molecule has 0 aromatic heterocycles. The molecule has 0 fully saturated rings. The van der Waals surface area contributed by atoms with Gasteiger partial charge in [-0.3, -0.25) is 4.48 Å². The highest BCUT2D eigenvalue weighted by molar-refractivity contribution is 5.70. The van der Waals surface area contributed by atoms with Gasteiger partial charge in [0.15, 0.2) is 0 Å². The Morgan fingerprint density at radius 1 is 1.19 bits per heavy atom. The van der Waals surface area contributed by atoms with Crippen molar-refractivity contribution in [3.8, 4) is 5.75 Å². The predicted octanol–water partition coefficient (Wildman–Crippen LogP) is -1.39. The van der Waals surface area contributed by atoms with Crippen molar-refractivity contribution in [3.63, 3.8) is 0 Å². The molecule has 4 nitrogen and oxygen atoms in total. The average molecular weight is 336 g/mol. The van der Waals surface area contributed by atoms with Gasteiger partial charge in [-0.05, 0) is 12.1 Å². The van der Waals surface area contributed by atoms with Crippen LogP contribution in [0.5, 0.6) is 5.75 Å². The second-order valence-electron chi connectivity index (χ2n) is 4.15. The fraction of sp³-hybridized carbons (Fsp3) is 0.364. The smallest absolute Gasteiger partial charge is 0.412 e. The Balaban J connectivity index is 0.00000225. The number of nitrogens with zero attached hydrogens (tertiary/aromatic N) is 1. The molecule has 0 aliphatic carbocycles. The Hall–Kier alpha value is -0.820. The number of carbonyl (C=O) groups is 1. The van der Waals surface area contributed by atoms with E-state index >= 15 is 0 Å². The Labute approximate surface area is 113 Å². The van der Waals surface area contributed by atoms with Crippen LogP contribution in [0.2, 0.25) is 0 Å². The van der Waals surface area contributed by atoms with Crippen LogP contribution in [0.25, 0.3) is 0 Å². The predicted molar refractivity (Wildman–Crippen MR) is 61.1 cm³/mol. The van der Waals surface area contributed by atoms with Crippen molar-refractivity contribution >= 4 is 11.8 Å². The van der Waals surface area contributed by atoms with Gasteiger partial charge in [-0.2, -0.15) is 0 Å². The lowest BCUT2D eigenvalue weighted by atomic mass is 10.2. The maximum Gasteiger partial charge on any atom is 0.412 e. The van der Waals surface area contributed by atoms with E-state index in [-0.39, 0.29) is 24.0 Å². The molecule has 1 rings (SSSR count). The van der Waals surface area contributed by atoms with Crippen LogP contribution in [0.15, 0.2) is 24.3 Å². The highest BCUT2D eigenvalue weighted by Gasteiger charge is 2.11. The molecule has 1 N–H and O–H groups in total. The quantitative estimate of drug-likeness (QED) is 0.533. The van der Waals surface area contributed by atoms with E-state index in [9.17, 15) is 4.79 Å². The maximum atomic E-state index is 10.9. The van der Waals surface area contributed by atoms with Gasteiger partial charge < -0.3 is 34.0 Å². The van der Waals surface area contributed by atoms with Gasteiger partial charge in [0.2, 0.25) is 0 Å². The number of ether oxygens (including phenoxy) is 1. The summed E-state index contributed by atoms with van der Waals surface area (Å²) < 4.78 is 5.71. The zero-order chi connectivity index (χ0) is 11.5. The monoisotopic (exact) mass is 336 g/mol. The second kappa shape index (κ2) is 6.05. The van der Waals surface area contributed by atoms with Gasteiger partial charge in [0, 0.05) is 19.2 Å². The van der Waals surface area contributed by atoms with Crippen LogP contribution in [0.1, 0.15) is 0 Å². The van der Waals surface area contributed by atoms with E-state index in [1.165, 1.54) is 7.05 Å². The third-order valence-electron chi connectivity index (χ3n) is 2.03. The molecule has 5 heteroatoms. The molecule has 90 valence electrons. The number of rotatable bonds is 2. The first-order chi connectivity index (χ1) is 6.93. The van der Waals surface area contributed by atoms with Crippen LogP contribution >= 0.6 is 0 Å². The minimum Gasteiger partial charge on any atom is -1.00 e. The third-order valence-corrected chi connectivity index (χ3v) is 2.03. The molecule has 0 saturated carbocycles. The van der Waals surface area contributed by atoms with Crippen LogP contribution in [0, 0.1) is 0 Å². The minimum atomic E-state index is -0.451. The molecule has 0 heterocycles. The molecule has 0 bridgehead atoms. The van der Waals surface area contributed by atoms with E-state index in [2.05, 4.69) is 26.5 Å². The number of carbonyl (C=O) groups excluding carboxylic acids is 1. The van der Waals surface area contributed by atoms with Gasteiger partial charge in [0.05, 0.1) is 21.1 Å². The normalized spacial score (nSPS) is 10.2. The molecule has 0 spiro atoms. The maximum absolute atomic E-state index is 10.9. The van der Waals surface area contributed by atoms with Crippen molar-refractivity contribution in [2.45, 2.75) is 0 Å². The summed E-state index contributed by atoms with van der Waals surface area (Å²) in [6, 6.07) is 7.46. The summed E-state index contributed by atoms with van der Waals surface area (Å²) in [5.41, 5.74) is 1.15. The number of hydrogen-bond acceptors (Lipinski definition) is 2. The largest absolute Gasteiger partial charge is 1.00 e. The summed E-state index contributed by atoms with van der Waals surface area (Å²) in [5, 5.41) is 2.39. The lowest BCUT2D eigenvalue weighted by molar-refractivity contribution is -0.00000837. The van der Waals surface area contributed by atoms with Gasteiger partial charge in [-0.15, -0.1) is 0 Å². The van der Waals surface area contributed by atoms with E-state index in [0.29, 0.717) is 5.75 Å². The zero-order valence-electron chi connectivity index (χ0n) is 9.95. The van der Waals surface area contributed by atoms with E-state index < -0.39 is 6.09 Å². The van der Waals surface area contributed by atoms with Crippen molar-refractivity contribution in [2.24, 2.45) is 0 Å². The second-order valence-corrected chi connectivity index (χ2v) is 4.15. The fourth-order valence-electron chi connectivity index (χ4n) is 1.12. The molecule has 0 atom stereocenters. The zero-order valence-corrected chi connectivity index (χ0v) is 12.1. The van der Waals surface area contributed by atoms with Gasteiger partial charge in [0.25, 0.3) is 0 Å². The molecule has 0 aliphatic rings. The first kappa shape index (κ1) is 15.2. The van der Waals surface area contributed by atoms with E-state index in [0.717, 1.165) is 10.2 Å². The number of nitrogens with one attached hydrogen (secondary N) is 1. The number of benzene rings is 1. The lowest BCUT2D eigenvalue weighted by Gasteiger charge is -2.23. The van der Waals surface area contributed by atoms with Crippen LogP contribution in [-0.4, -0.2) is 34.3 Å². The van der Waals surface area contributed by atoms with Crippen molar-refractivity contribution in [1.29, 1.82) is 0 Å². The van der Waals surface area contributed by atoms with Crippen LogP contribution in [0.3, 0.4) is 0 Å². The van der Waals surface area contributed by atoms with Crippen LogP contribution in [0.4, 0.5) is 10.5 Å². The number of quaternary nitrogens is 1. The number of hydrogen-bond donors (Lipinski definition) is 1. The Kier molecular flexibility index (Phi) is 5.74. The van der Waals surface area contributed by atoms with Crippen LogP contribution < -0.4 is 38.5 Å². The molecule has 0 saturated heterocycles. The summed E-state index contributed by atoms with van der Waals surface area (Å²) in [6.45, 7) is 0. The highest BCUT2D eigenvalue weighted by Crippen LogP contribution is 2.20. The Morgan fingerprint density at radius 3 is 2.06 bits per heavy atom. The molecule has 16 heavy (non-hydrogen) atoms. The fourth-order valence-corrected chi connectivity index (χ4v) is 1.12. The Morgan fingerprint density at radius 2 is 1.69 bits per heavy atom.